The Morgan fingerprint density at radius 1 is 1.50 bits per heavy atom. The van der Waals surface area contributed by atoms with Gasteiger partial charge < -0.3 is 5.11 Å². The van der Waals surface area contributed by atoms with E-state index in [9.17, 15) is 28.4 Å². The second-order valence-electron chi connectivity index (χ2n) is 3.43. The summed E-state index contributed by atoms with van der Waals surface area (Å²) in [5.41, 5.74) is -0.722. The smallest absolute Gasteiger partial charge is 0.312 e. The predicted molar refractivity (Wildman–Crippen MR) is 60.6 cm³/mol. The first-order chi connectivity index (χ1) is 8.24. The van der Waals surface area contributed by atoms with Crippen LogP contribution in [-0.2, 0) is 14.8 Å². The van der Waals surface area contributed by atoms with E-state index >= 15 is 0 Å². The van der Waals surface area contributed by atoms with Crippen molar-refractivity contribution >= 4 is 21.5 Å². The van der Waals surface area contributed by atoms with Crippen molar-refractivity contribution in [1.29, 1.82) is 0 Å². The summed E-state index contributed by atoms with van der Waals surface area (Å²) in [7, 11) is -4.01. The number of aromatic hydroxyl groups is 1. The lowest BCUT2D eigenvalue weighted by molar-refractivity contribution is -0.386. The maximum absolute atomic E-state index is 11.7. The molecular formula is C9H10N2O6S. The molecule has 1 aromatic carbocycles. The molecule has 0 aliphatic carbocycles. The summed E-state index contributed by atoms with van der Waals surface area (Å²) in [4.78, 5) is 19.9. The van der Waals surface area contributed by atoms with Crippen molar-refractivity contribution in [3.63, 3.8) is 0 Å². The van der Waals surface area contributed by atoms with Gasteiger partial charge in [-0.05, 0) is 19.1 Å². The summed E-state index contributed by atoms with van der Waals surface area (Å²) >= 11 is 0. The minimum absolute atomic E-state index is 0.395. The molecule has 9 heteroatoms. The number of nitro groups is 1. The van der Waals surface area contributed by atoms with Crippen molar-refractivity contribution in [3.05, 3.63) is 28.3 Å². The average Bonchev–Trinajstić information content (AvgIpc) is 2.26. The SMILES string of the molecule is CC(=O)CNS(=O)(=O)c1ccc(O)c([N+](=O)[O-])c1. The number of nitro benzene ring substituents is 1. The molecule has 98 valence electrons. The number of sulfonamides is 1. The summed E-state index contributed by atoms with van der Waals surface area (Å²) in [6.45, 7) is 0.790. The number of hydrogen-bond donors (Lipinski definition) is 2. The Hall–Kier alpha value is -2.00. The van der Waals surface area contributed by atoms with Gasteiger partial charge in [-0.25, -0.2) is 13.1 Å². The van der Waals surface area contributed by atoms with Crippen molar-refractivity contribution in [2.24, 2.45) is 0 Å². The van der Waals surface area contributed by atoms with E-state index in [1.807, 2.05) is 4.72 Å². The normalized spacial score (nSPS) is 11.2. The van der Waals surface area contributed by atoms with Gasteiger partial charge >= 0.3 is 5.69 Å². The number of carbonyl (C=O) groups is 1. The monoisotopic (exact) mass is 274 g/mol. The molecular weight excluding hydrogens is 264 g/mol. The molecule has 0 amide bonds. The summed E-state index contributed by atoms with van der Waals surface area (Å²) in [5.74, 6) is -1.03. The molecule has 0 spiro atoms. The van der Waals surface area contributed by atoms with Gasteiger partial charge in [0.15, 0.2) is 5.75 Å². The molecule has 0 atom stereocenters. The number of nitrogens with one attached hydrogen (secondary N) is 1. The molecule has 0 fully saturated rings. The summed E-state index contributed by atoms with van der Waals surface area (Å²) < 4.78 is 25.3. The Balaban J connectivity index is 3.14. The second kappa shape index (κ2) is 5.10. The first-order valence-corrected chi connectivity index (χ1v) is 6.19. The fourth-order valence-electron chi connectivity index (χ4n) is 1.10. The van der Waals surface area contributed by atoms with Crippen molar-refractivity contribution in [3.8, 4) is 5.75 Å². The van der Waals surface area contributed by atoms with Crippen LogP contribution in [0.25, 0.3) is 0 Å². The van der Waals surface area contributed by atoms with Gasteiger partial charge in [0.05, 0.1) is 16.4 Å². The standard InChI is InChI=1S/C9H10N2O6S/c1-6(12)5-10-18(16,17)7-2-3-9(13)8(4-7)11(14)15/h2-4,10,13H,5H2,1H3. The third-order valence-electron chi connectivity index (χ3n) is 1.97. The number of nitrogens with zero attached hydrogens (tertiary/aromatic N) is 1. The van der Waals surface area contributed by atoms with Gasteiger partial charge in [0.1, 0.15) is 5.78 Å². The van der Waals surface area contributed by atoms with E-state index in [0.717, 1.165) is 18.2 Å². The molecule has 0 bridgehead atoms. The van der Waals surface area contributed by atoms with Gasteiger partial charge in [-0.2, -0.15) is 0 Å². The zero-order valence-electron chi connectivity index (χ0n) is 9.28. The van der Waals surface area contributed by atoms with E-state index in [1.165, 1.54) is 6.92 Å². The largest absolute Gasteiger partial charge is 0.502 e. The number of Topliss-reactive ketones (excluding diaryl/α,β-unsaturated/α-hetero) is 1. The van der Waals surface area contributed by atoms with Crippen LogP contribution in [0.4, 0.5) is 5.69 Å². The van der Waals surface area contributed by atoms with Crippen LogP contribution in [0.5, 0.6) is 5.75 Å². The molecule has 1 rings (SSSR count). The fraction of sp³-hybridized carbons (Fsp3) is 0.222. The zero-order chi connectivity index (χ0) is 13.9. The van der Waals surface area contributed by atoms with E-state index in [2.05, 4.69) is 0 Å². The van der Waals surface area contributed by atoms with Crippen LogP contribution in [0.2, 0.25) is 0 Å². The van der Waals surface area contributed by atoms with Crippen molar-refractivity contribution in [2.45, 2.75) is 11.8 Å². The molecule has 0 saturated carbocycles. The fourth-order valence-corrected chi connectivity index (χ4v) is 2.17. The maximum atomic E-state index is 11.7. The molecule has 0 aliphatic rings. The van der Waals surface area contributed by atoms with Gasteiger partial charge in [-0.15, -0.1) is 0 Å². The molecule has 0 aromatic heterocycles. The predicted octanol–water partition coefficient (Wildman–Crippen LogP) is 0.168. The highest BCUT2D eigenvalue weighted by Gasteiger charge is 2.21. The van der Waals surface area contributed by atoms with Crippen LogP contribution in [0, 0.1) is 10.1 Å². The molecule has 1 aromatic rings. The third kappa shape index (κ3) is 3.25. The Morgan fingerprint density at radius 2 is 2.11 bits per heavy atom. The van der Waals surface area contributed by atoms with Crippen LogP contribution in [-0.4, -0.2) is 30.8 Å². The number of phenols is 1. The van der Waals surface area contributed by atoms with Crippen LogP contribution in [0.15, 0.2) is 23.1 Å². The van der Waals surface area contributed by atoms with Gasteiger partial charge in [-0.1, -0.05) is 0 Å². The second-order valence-corrected chi connectivity index (χ2v) is 5.20. The Labute approximate surface area is 102 Å². The first kappa shape index (κ1) is 14.1. The average molecular weight is 274 g/mol. The van der Waals surface area contributed by atoms with Crippen molar-refractivity contribution < 1.29 is 23.2 Å². The molecule has 0 radical (unpaired) electrons. The Morgan fingerprint density at radius 3 is 2.61 bits per heavy atom. The maximum Gasteiger partial charge on any atom is 0.312 e. The quantitative estimate of drug-likeness (QED) is 0.582. The van der Waals surface area contributed by atoms with Gasteiger partial charge in [0, 0.05) is 6.07 Å². The summed E-state index contributed by atoms with van der Waals surface area (Å²) in [5, 5.41) is 19.7. The topological polar surface area (TPSA) is 127 Å². The summed E-state index contributed by atoms with van der Waals surface area (Å²) in [6, 6.07) is 2.63. The lowest BCUT2D eigenvalue weighted by atomic mass is 10.3. The number of ketones is 1. The molecule has 2 N–H and O–H groups in total. The van der Waals surface area contributed by atoms with Gasteiger partial charge in [0.2, 0.25) is 10.0 Å². The molecule has 0 aliphatic heterocycles. The van der Waals surface area contributed by atoms with Crippen LogP contribution < -0.4 is 4.72 Å². The number of hydrogen-bond acceptors (Lipinski definition) is 6. The zero-order valence-corrected chi connectivity index (χ0v) is 10.1. The van der Waals surface area contributed by atoms with Crippen LogP contribution >= 0.6 is 0 Å². The molecule has 0 heterocycles. The number of carbonyl (C=O) groups excluding carboxylic acids is 1. The highest BCUT2D eigenvalue weighted by atomic mass is 32.2. The molecule has 18 heavy (non-hydrogen) atoms. The van der Waals surface area contributed by atoms with Crippen LogP contribution in [0.3, 0.4) is 0 Å². The third-order valence-corrected chi connectivity index (χ3v) is 3.36. The van der Waals surface area contributed by atoms with E-state index in [0.29, 0.717) is 0 Å². The minimum atomic E-state index is -4.01. The number of phenolic OH excluding ortho intramolecular Hbond substituents is 1. The van der Waals surface area contributed by atoms with Crippen molar-refractivity contribution in [2.75, 3.05) is 6.54 Å². The number of rotatable bonds is 5. The van der Waals surface area contributed by atoms with Crippen molar-refractivity contribution in [1.82, 2.24) is 4.72 Å². The molecule has 0 saturated heterocycles. The highest BCUT2D eigenvalue weighted by Crippen LogP contribution is 2.27. The minimum Gasteiger partial charge on any atom is -0.502 e. The van der Waals surface area contributed by atoms with Gasteiger partial charge in [0.25, 0.3) is 0 Å². The summed E-state index contributed by atoms with van der Waals surface area (Å²) in [6.07, 6.45) is 0. The molecule has 8 nitrogen and oxygen atoms in total. The Bertz CT molecular complexity index is 595. The van der Waals surface area contributed by atoms with E-state index < -0.39 is 43.6 Å². The van der Waals surface area contributed by atoms with E-state index in [4.69, 9.17) is 0 Å². The van der Waals surface area contributed by atoms with E-state index in [-0.39, 0.29) is 0 Å². The molecule has 0 unspecified atom stereocenters. The lowest BCUT2D eigenvalue weighted by Gasteiger charge is -2.05. The van der Waals surface area contributed by atoms with Crippen LogP contribution in [0.1, 0.15) is 6.92 Å². The Kier molecular flexibility index (Phi) is 3.99. The van der Waals surface area contributed by atoms with Gasteiger partial charge in [-0.3, -0.25) is 14.9 Å². The van der Waals surface area contributed by atoms with E-state index in [1.54, 1.807) is 0 Å². The number of benzene rings is 1. The highest BCUT2D eigenvalue weighted by molar-refractivity contribution is 7.89. The first-order valence-electron chi connectivity index (χ1n) is 4.70. The lowest BCUT2D eigenvalue weighted by Crippen LogP contribution is -2.28.